The van der Waals surface area contributed by atoms with Gasteiger partial charge >= 0.3 is 6.18 Å². The number of hydrogen-bond donors (Lipinski definition) is 1. The molecule has 0 radical (unpaired) electrons. The number of pyridine rings is 1. The van der Waals surface area contributed by atoms with Gasteiger partial charge in [-0.15, -0.1) is 0 Å². The van der Waals surface area contributed by atoms with Crippen molar-refractivity contribution in [3.8, 4) is 0 Å². The van der Waals surface area contributed by atoms with Crippen molar-refractivity contribution in [1.29, 1.82) is 0 Å². The molecular weight excluding hydrogens is 301 g/mol. The number of halogens is 3. The van der Waals surface area contributed by atoms with Crippen LogP contribution < -0.4 is 5.32 Å². The van der Waals surface area contributed by atoms with Crippen molar-refractivity contribution in [2.45, 2.75) is 19.6 Å². The number of fused-ring (bicyclic) bond motifs is 1. The molecule has 0 aliphatic rings. The van der Waals surface area contributed by atoms with Crippen LogP contribution in [0.25, 0.3) is 10.9 Å². The summed E-state index contributed by atoms with van der Waals surface area (Å²) in [5.74, 6) is 0. The van der Waals surface area contributed by atoms with Gasteiger partial charge in [-0.05, 0) is 30.7 Å². The van der Waals surface area contributed by atoms with Crippen molar-refractivity contribution >= 4 is 16.6 Å². The number of rotatable bonds is 3. The van der Waals surface area contributed by atoms with E-state index in [0.29, 0.717) is 23.1 Å². The third kappa shape index (κ3) is 3.44. The topological polar surface area (TPSA) is 24.9 Å². The van der Waals surface area contributed by atoms with Crippen LogP contribution in [-0.2, 0) is 12.7 Å². The van der Waals surface area contributed by atoms with Gasteiger partial charge in [0.1, 0.15) is 0 Å². The molecule has 0 amide bonds. The molecule has 0 aliphatic heterocycles. The van der Waals surface area contributed by atoms with Crippen molar-refractivity contribution < 1.29 is 13.2 Å². The molecule has 1 N–H and O–H groups in total. The predicted octanol–water partition coefficient (Wildman–Crippen LogP) is 5.17. The fourth-order valence-corrected chi connectivity index (χ4v) is 2.48. The fraction of sp³-hybridized carbons (Fsp3) is 0.167. The first-order chi connectivity index (χ1) is 10.9. The summed E-state index contributed by atoms with van der Waals surface area (Å²) in [6.07, 6.45) is -4.36. The Morgan fingerprint density at radius 3 is 2.43 bits per heavy atom. The third-order valence-electron chi connectivity index (χ3n) is 3.59. The zero-order chi connectivity index (χ0) is 16.4. The minimum absolute atomic E-state index is 0.343. The molecule has 0 saturated heterocycles. The Labute approximate surface area is 132 Å². The monoisotopic (exact) mass is 316 g/mol. The number of nitrogens with one attached hydrogen (secondary N) is 1. The minimum Gasteiger partial charge on any atom is -0.380 e. The van der Waals surface area contributed by atoms with Crippen molar-refractivity contribution in [1.82, 2.24) is 4.98 Å². The number of aromatic nitrogens is 1. The summed E-state index contributed by atoms with van der Waals surface area (Å²) in [4.78, 5) is 4.23. The molecule has 0 spiro atoms. The van der Waals surface area contributed by atoms with Gasteiger partial charge in [0.2, 0.25) is 0 Å². The molecule has 0 saturated carbocycles. The highest BCUT2D eigenvalue weighted by Gasteiger charge is 2.30. The Morgan fingerprint density at radius 1 is 1.00 bits per heavy atom. The lowest BCUT2D eigenvalue weighted by Crippen LogP contribution is -2.06. The van der Waals surface area contributed by atoms with Crippen LogP contribution in [0.1, 0.15) is 16.8 Å². The molecular formula is C18H15F3N2. The van der Waals surface area contributed by atoms with E-state index >= 15 is 0 Å². The molecule has 2 aromatic carbocycles. The van der Waals surface area contributed by atoms with Crippen LogP contribution in [0, 0.1) is 6.92 Å². The van der Waals surface area contributed by atoms with Crippen LogP contribution in [0.15, 0.2) is 54.6 Å². The minimum atomic E-state index is -4.36. The number of anilines is 1. The second-order valence-electron chi connectivity index (χ2n) is 5.38. The van der Waals surface area contributed by atoms with Gasteiger partial charge in [-0.1, -0.05) is 36.4 Å². The molecule has 2 nitrogen and oxygen atoms in total. The highest BCUT2D eigenvalue weighted by atomic mass is 19.4. The zero-order valence-electron chi connectivity index (χ0n) is 12.5. The maximum atomic E-state index is 12.8. The smallest absolute Gasteiger partial charge is 0.380 e. The van der Waals surface area contributed by atoms with Crippen LogP contribution in [-0.4, -0.2) is 4.98 Å². The largest absolute Gasteiger partial charge is 0.416 e. The van der Waals surface area contributed by atoms with E-state index in [1.54, 1.807) is 6.92 Å². The average molecular weight is 316 g/mol. The van der Waals surface area contributed by atoms with Gasteiger partial charge in [-0.2, -0.15) is 13.2 Å². The van der Waals surface area contributed by atoms with Gasteiger partial charge < -0.3 is 5.32 Å². The average Bonchev–Trinajstić information content (AvgIpc) is 2.52. The van der Waals surface area contributed by atoms with E-state index in [0.717, 1.165) is 23.4 Å². The molecule has 0 bridgehead atoms. The van der Waals surface area contributed by atoms with E-state index in [4.69, 9.17) is 0 Å². The Morgan fingerprint density at radius 2 is 1.74 bits per heavy atom. The van der Waals surface area contributed by atoms with Crippen LogP contribution >= 0.6 is 0 Å². The van der Waals surface area contributed by atoms with Crippen LogP contribution in [0.3, 0.4) is 0 Å². The normalized spacial score (nSPS) is 11.7. The van der Waals surface area contributed by atoms with Gasteiger partial charge in [0.05, 0.1) is 11.1 Å². The van der Waals surface area contributed by atoms with E-state index < -0.39 is 11.7 Å². The van der Waals surface area contributed by atoms with Gasteiger partial charge in [0, 0.05) is 23.3 Å². The number of nitrogens with zero attached hydrogens (tertiary/aromatic N) is 1. The fourth-order valence-electron chi connectivity index (χ4n) is 2.48. The first-order valence-corrected chi connectivity index (χ1v) is 7.20. The standard InChI is InChI=1S/C18H15F3N2/c1-12-9-16(22-11-13-5-3-2-4-6-13)15-8-7-14(18(19,20)21)10-17(15)23-12/h2-10H,11H2,1H3,(H,22,23). The van der Waals surface area contributed by atoms with Gasteiger partial charge in [-0.3, -0.25) is 4.98 Å². The third-order valence-corrected chi connectivity index (χ3v) is 3.59. The quantitative estimate of drug-likeness (QED) is 0.720. The molecule has 118 valence electrons. The highest BCUT2D eigenvalue weighted by Crippen LogP contribution is 2.33. The van der Waals surface area contributed by atoms with Gasteiger partial charge in [0.15, 0.2) is 0 Å². The summed E-state index contributed by atoms with van der Waals surface area (Å²) in [7, 11) is 0. The van der Waals surface area contributed by atoms with Crippen LogP contribution in [0.2, 0.25) is 0 Å². The molecule has 1 heterocycles. The molecule has 1 aromatic heterocycles. The molecule has 3 aromatic rings. The molecule has 0 unspecified atom stereocenters. The summed E-state index contributed by atoms with van der Waals surface area (Å²) in [5.41, 5.74) is 2.21. The number of benzene rings is 2. The first kappa shape index (κ1) is 15.3. The molecule has 0 aliphatic carbocycles. The van der Waals surface area contributed by atoms with Crippen molar-refractivity contribution in [3.05, 3.63) is 71.4 Å². The lowest BCUT2D eigenvalue weighted by atomic mass is 10.1. The SMILES string of the molecule is Cc1cc(NCc2ccccc2)c2ccc(C(F)(F)F)cc2n1. The molecule has 5 heteroatoms. The predicted molar refractivity (Wildman–Crippen MR) is 85.3 cm³/mol. The lowest BCUT2D eigenvalue weighted by Gasteiger charge is -2.13. The first-order valence-electron chi connectivity index (χ1n) is 7.20. The lowest BCUT2D eigenvalue weighted by molar-refractivity contribution is -0.137. The summed E-state index contributed by atoms with van der Waals surface area (Å²) >= 11 is 0. The van der Waals surface area contributed by atoms with E-state index in [1.165, 1.54) is 6.07 Å². The summed E-state index contributed by atoms with van der Waals surface area (Å²) in [6, 6.07) is 15.3. The summed E-state index contributed by atoms with van der Waals surface area (Å²) in [5, 5.41) is 3.96. The van der Waals surface area contributed by atoms with Crippen LogP contribution in [0.4, 0.5) is 18.9 Å². The van der Waals surface area contributed by atoms with Crippen molar-refractivity contribution in [2.24, 2.45) is 0 Å². The van der Waals surface area contributed by atoms with Crippen molar-refractivity contribution in [3.63, 3.8) is 0 Å². The Bertz CT molecular complexity index is 827. The Kier molecular flexibility index (Phi) is 3.94. The maximum Gasteiger partial charge on any atom is 0.416 e. The van der Waals surface area contributed by atoms with Gasteiger partial charge in [0.25, 0.3) is 0 Å². The summed E-state index contributed by atoms with van der Waals surface area (Å²) < 4.78 is 38.5. The second-order valence-corrected chi connectivity index (χ2v) is 5.38. The molecule has 3 rings (SSSR count). The number of hydrogen-bond acceptors (Lipinski definition) is 2. The summed E-state index contributed by atoms with van der Waals surface area (Å²) in [6.45, 7) is 2.37. The Balaban J connectivity index is 1.97. The second kappa shape index (κ2) is 5.91. The van der Waals surface area contributed by atoms with E-state index in [2.05, 4.69) is 10.3 Å². The van der Waals surface area contributed by atoms with Gasteiger partial charge in [-0.25, -0.2) is 0 Å². The zero-order valence-corrected chi connectivity index (χ0v) is 12.5. The van der Waals surface area contributed by atoms with E-state index in [-0.39, 0.29) is 0 Å². The van der Waals surface area contributed by atoms with Crippen LogP contribution in [0.5, 0.6) is 0 Å². The van der Waals surface area contributed by atoms with E-state index in [1.807, 2.05) is 36.4 Å². The van der Waals surface area contributed by atoms with Crippen molar-refractivity contribution in [2.75, 3.05) is 5.32 Å². The van der Waals surface area contributed by atoms with E-state index in [9.17, 15) is 13.2 Å². The molecule has 23 heavy (non-hydrogen) atoms. The Hall–Kier alpha value is -2.56. The molecule has 0 atom stereocenters. The number of aryl methyl sites for hydroxylation is 1. The maximum absolute atomic E-state index is 12.8. The molecule has 0 fully saturated rings. The number of alkyl halides is 3. The highest BCUT2D eigenvalue weighted by molar-refractivity contribution is 5.92.